The molecule has 0 spiro atoms. The van der Waals surface area contributed by atoms with Gasteiger partial charge in [-0.25, -0.2) is 0 Å². The lowest BCUT2D eigenvalue weighted by Gasteiger charge is -2.23. The maximum Gasteiger partial charge on any atom is 0.221 e. The van der Waals surface area contributed by atoms with Crippen molar-refractivity contribution in [2.24, 2.45) is 0 Å². The highest BCUT2D eigenvalue weighted by molar-refractivity contribution is 5.88. The number of para-hydroxylation sites is 1. The number of carbonyl (C=O) groups is 1. The van der Waals surface area contributed by atoms with Crippen LogP contribution in [-0.4, -0.2) is 24.6 Å². The smallest absolute Gasteiger partial charge is 0.221 e. The Morgan fingerprint density at radius 1 is 1.19 bits per heavy atom. The SMILES string of the molecule is CC(=O)Nc1cccc(C(O)CN(C)c2ccccc2)c1. The van der Waals surface area contributed by atoms with E-state index in [2.05, 4.69) is 5.32 Å². The molecule has 0 aliphatic carbocycles. The van der Waals surface area contributed by atoms with E-state index >= 15 is 0 Å². The molecular formula is C17H20N2O2. The Balaban J connectivity index is 2.06. The Bertz CT molecular complexity index is 599. The van der Waals surface area contributed by atoms with Gasteiger partial charge in [0.25, 0.3) is 0 Å². The maximum absolute atomic E-state index is 11.1. The van der Waals surface area contributed by atoms with Crippen molar-refractivity contribution < 1.29 is 9.90 Å². The first-order valence-corrected chi connectivity index (χ1v) is 6.88. The monoisotopic (exact) mass is 284 g/mol. The first kappa shape index (κ1) is 15.1. The van der Waals surface area contributed by atoms with Crippen molar-refractivity contribution in [3.63, 3.8) is 0 Å². The van der Waals surface area contributed by atoms with Crippen LogP contribution in [-0.2, 0) is 4.79 Å². The predicted octanol–water partition coefficient (Wildman–Crippen LogP) is 2.81. The molecule has 110 valence electrons. The number of hydrogen-bond acceptors (Lipinski definition) is 3. The average molecular weight is 284 g/mol. The molecule has 0 aliphatic rings. The highest BCUT2D eigenvalue weighted by atomic mass is 16.3. The summed E-state index contributed by atoms with van der Waals surface area (Å²) >= 11 is 0. The van der Waals surface area contributed by atoms with Crippen molar-refractivity contribution in [3.8, 4) is 0 Å². The zero-order valence-corrected chi connectivity index (χ0v) is 12.3. The molecule has 0 fully saturated rings. The number of aliphatic hydroxyl groups excluding tert-OH is 1. The van der Waals surface area contributed by atoms with E-state index in [1.54, 1.807) is 12.1 Å². The molecule has 0 bridgehead atoms. The van der Waals surface area contributed by atoms with E-state index < -0.39 is 6.10 Å². The summed E-state index contributed by atoms with van der Waals surface area (Å²) in [6, 6.07) is 17.2. The minimum atomic E-state index is -0.621. The number of benzene rings is 2. The average Bonchev–Trinajstić information content (AvgIpc) is 2.47. The van der Waals surface area contributed by atoms with Gasteiger partial charge in [-0.05, 0) is 29.8 Å². The van der Waals surface area contributed by atoms with Crippen LogP contribution < -0.4 is 10.2 Å². The zero-order valence-electron chi connectivity index (χ0n) is 12.3. The number of likely N-dealkylation sites (N-methyl/N-ethyl adjacent to an activating group) is 1. The van der Waals surface area contributed by atoms with Gasteiger partial charge in [0.05, 0.1) is 6.10 Å². The van der Waals surface area contributed by atoms with E-state index in [-0.39, 0.29) is 5.91 Å². The number of aliphatic hydroxyl groups is 1. The van der Waals surface area contributed by atoms with Gasteiger partial charge in [-0.2, -0.15) is 0 Å². The van der Waals surface area contributed by atoms with Crippen LogP contribution in [0.2, 0.25) is 0 Å². The molecule has 4 heteroatoms. The second-order valence-corrected chi connectivity index (χ2v) is 5.04. The molecule has 0 heterocycles. The first-order chi connectivity index (χ1) is 10.1. The third kappa shape index (κ3) is 4.33. The molecule has 4 nitrogen and oxygen atoms in total. The van der Waals surface area contributed by atoms with Crippen molar-refractivity contribution in [2.75, 3.05) is 23.8 Å². The van der Waals surface area contributed by atoms with Crippen LogP contribution in [0.1, 0.15) is 18.6 Å². The largest absolute Gasteiger partial charge is 0.387 e. The minimum absolute atomic E-state index is 0.122. The summed E-state index contributed by atoms with van der Waals surface area (Å²) in [4.78, 5) is 13.1. The van der Waals surface area contributed by atoms with E-state index in [1.807, 2.05) is 54.4 Å². The van der Waals surface area contributed by atoms with Crippen LogP contribution in [0.4, 0.5) is 11.4 Å². The molecule has 0 aromatic heterocycles. The van der Waals surface area contributed by atoms with Gasteiger partial charge in [0.15, 0.2) is 0 Å². The summed E-state index contributed by atoms with van der Waals surface area (Å²) in [5, 5.41) is 13.1. The second kappa shape index (κ2) is 6.90. The summed E-state index contributed by atoms with van der Waals surface area (Å²) in [7, 11) is 1.94. The van der Waals surface area contributed by atoms with Crippen LogP contribution in [0.25, 0.3) is 0 Å². The fourth-order valence-corrected chi connectivity index (χ4v) is 2.18. The third-order valence-corrected chi connectivity index (χ3v) is 3.24. The lowest BCUT2D eigenvalue weighted by molar-refractivity contribution is -0.114. The number of carbonyl (C=O) groups excluding carboxylic acids is 1. The lowest BCUT2D eigenvalue weighted by atomic mass is 10.1. The quantitative estimate of drug-likeness (QED) is 0.887. The van der Waals surface area contributed by atoms with E-state index in [4.69, 9.17) is 0 Å². The minimum Gasteiger partial charge on any atom is -0.387 e. The number of rotatable bonds is 5. The molecule has 2 N–H and O–H groups in total. The number of anilines is 2. The summed E-state index contributed by atoms with van der Waals surface area (Å²) in [6.07, 6.45) is -0.621. The number of nitrogens with one attached hydrogen (secondary N) is 1. The van der Waals surface area contributed by atoms with E-state index in [9.17, 15) is 9.90 Å². The maximum atomic E-state index is 11.1. The molecule has 1 atom stereocenters. The van der Waals surface area contributed by atoms with Gasteiger partial charge in [0.2, 0.25) is 5.91 Å². The van der Waals surface area contributed by atoms with Crippen molar-refractivity contribution in [2.45, 2.75) is 13.0 Å². The van der Waals surface area contributed by atoms with Crippen LogP contribution >= 0.6 is 0 Å². The summed E-state index contributed by atoms with van der Waals surface area (Å²) in [5.74, 6) is -0.122. The summed E-state index contributed by atoms with van der Waals surface area (Å²) in [5.41, 5.74) is 2.53. The van der Waals surface area contributed by atoms with Gasteiger partial charge < -0.3 is 15.3 Å². The van der Waals surface area contributed by atoms with Gasteiger partial charge in [-0.15, -0.1) is 0 Å². The van der Waals surface area contributed by atoms with Crippen LogP contribution in [0.15, 0.2) is 54.6 Å². The fraction of sp³-hybridized carbons (Fsp3) is 0.235. The zero-order chi connectivity index (χ0) is 15.2. The molecule has 0 aliphatic heterocycles. The Hall–Kier alpha value is -2.33. The van der Waals surface area contributed by atoms with Crippen LogP contribution in [0, 0.1) is 0 Å². The van der Waals surface area contributed by atoms with Crippen LogP contribution in [0.5, 0.6) is 0 Å². The Kier molecular flexibility index (Phi) is 4.95. The second-order valence-electron chi connectivity index (χ2n) is 5.04. The van der Waals surface area contributed by atoms with Crippen molar-refractivity contribution in [3.05, 3.63) is 60.2 Å². The van der Waals surface area contributed by atoms with E-state index in [0.29, 0.717) is 12.2 Å². The predicted molar refractivity (Wildman–Crippen MR) is 85.4 cm³/mol. The number of nitrogens with zero attached hydrogens (tertiary/aromatic N) is 1. The number of hydrogen-bond donors (Lipinski definition) is 2. The highest BCUT2D eigenvalue weighted by Crippen LogP contribution is 2.21. The fourth-order valence-electron chi connectivity index (χ4n) is 2.18. The van der Waals surface area contributed by atoms with Crippen LogP contribution in [0.3, 0.4) is 0 Å². The van der Waals surface area contributed by atoms with Crippen molar-refractivity contribution >= 4 is 17.3 Å². The molecule has 0 radical (unpaired) electrons. The molecule has 21 heavy (non-hydrogen) atoms. The van der Waals surface area contributed by atoms with E-state index in [1.165, 1.54) is 6.92 Å². The topological polar surface area (TPSA) is 52.6 Å². The number of amides is 1. The Morgan fingerprint density at radius 3 is 2.57 bits per heavy atom. The highest BCUT2D eigenvalue weighted by Gasteiger charge is 2.12. The van der Waals surface area contributed by atoms with Gasteiger partial charge in [-0.1, -0.05) is 30.3 Å². The van der Waals surface area contributed by atoms with Crippen molar-refractivity contribution in [1.29, 1.82) is 0 Å². The summed E-state index contributed by atoms with van der Waals surface area (Å²) < 4.78 is 0. The van der Waals surface area contributed by atoms with Gasteiger partial charge in [0, 0.05) is 31.9 Å². The van der Waals surface area contributed by atoms with E-state index in [0.717, 1.165) is 11.3 Å². The molecular weight excluding hydrogens is 264 g/mol. The molecule has 1 amide bonds. The Morgan fingerprint density at radius 2 is 1.90 bits per heavy atom. The first-order valence-electron chi connectivity index (χ1n) is 6.88. The van der Waals surface area contributed by atoms with Gasteiger partial charge in [0.1, 0.15) is 0 Å². The van der Waals surface area contributed by atoms with Gasteiger partial charge >= 0.3 is 0 Å². The molecule has 1 unspecified atom stereocenters. The molecule has 0 saturated carbocycles. The molecule has 0 saturated heterocycles. The normalized spacial score (nSPS) is 11.8. The lowest BCUT2D eigenvalue weighted by Crippen LogP contribution is -2.24. The molecule has 2 aromatic rings. The Labute approximate surface area is 125 Å². The summed E-state index contributed by atoms with van der Waals surface area (Å²) in [6.45, 7) is 1.94. The van der Waals surface area contributed by atoms with Gasteiger partial charge in [-0.3, -0.25) is 4.79 Å². The third-order valence-electron chi connectivity index (χ3n) is 3.24. The molecule has 2 rings (SSSR count). The molecule has 2 aromatic carbocycles. The standard InChI is InChI=1S/C17H20N2O2/c1-13(20)18-15-8-6-7-14(11-15)17(21)12-19(2)16-9-4-3-5-10-16/h3-11,17,21H,12H2,1-2H3,(H,18,20). The van der Waals surface area contributed by atoms with Crippen molar-refractivity contribution in [1.82, 2.24) is 0 Å².